The first kappa shape index (κ1) is 17.7. The summed E-state index contributed by atoms with van der Waals surface area (Å²) in [5, 5.41) is 16.5. The number of non-ortho nitro benzene ring substituents is 1. The van der Waals surface area contributed by atoms with Crippen molar-refractivity contribution in [3.63, 3.8) is 0 Å². The number of rotatable bonds is 6. The number of hydrogen-bond donors (Lipinski definition) is 2. The molecule has 1 heterocycles. The second-order valence-electron chi connectivity index (χ2n) is 5.92. The van der Waals surface area contributed by atoms with Crippen LogP contribution in [-0.4, -0.2) is 36.1 Å². The Kier molecular flexibility index (Phi) is 5.33. The number of benzene rings is 2. The van der Waals surface area contributed by atoms with Gasteiger partial charge in [-0.3, -0.25) is 14.9 Å². The maximum absolute atomic E-state index is 12.2. The number of nitro benzene ring substituents is 1. The molecule has 1 aliphatic heterocycles. The van der Waals surface area contributed by atoms with Gasteiger partial charge in [0.25, 0.3) is 5.69 Å². The van der Waals surface area contributed by atoms with Crippen LogP contribution in [0.5, 0.6) is 11.5 Å². The lowest BCUT2D eigenvalue weighted by Crippen LogP contribution is -2.45. The van der Waals surface area contributed by atoms with Gasteiger partial charge in [0.1, 0.15) is 12.7 Å². The molecule has 0 radical (unpaired) electrons. The maximum atomic E-state index is 12.2. The summed E-state index contributed by atoms with van der Waals surface area (Å²) < 4.78 is 11.5. The predicted molar refractivity (Wildman–Crippen MR) is 95.5 cm³/mol. The first-order chi connectivity index (χ1) is 12.5. The lowest BCUT2D eigenvalue weighted by Gasteiger charge is -2.27. The molecule has 0 aliphatic carbocycles. The van der Waals surface area contributed by atoms with E-state index in [0.717, 1.165) is 0 Å². The van der Waals surface area contributed by atoms with Gasteiger partial charge in [0.15, 0.2) is 11.5 Å². The Hall–Kier alpha value is -3.13. The Morgan fingerprint density at radius 3 is 2.81 bits per heavy atom. The topological polar surface area (TPSA) is 103 Å². The monoisotopic (exact) mass is 357 g/mol. The zero-order valence-corrected chi connectivity index (χ0v) is 14.2. The van der Waals surface area contributed by atoms with Gasteiger partial charge < -0.3 is 20.1 Å². The number of carbonyl (C=O) groups excluding carboxylic acids is 1. The van der Waals surface area contributed by atoms with Gasteiger partial charge in [0, 0.05) is 24.4 Å². The van der Waals surface area contributed by atoms with E-state index in [4.69, 9.17) is 9.47 Å². The Morgan fingerprint density at radius 1 is 1.27 bits per heavy atom. The number of fused-ring (bicyclic) bond motifs is 1. The second kappa shape index (κ2) is 7.83. The zero-order chi connectivity index (χ0) is 18.5. The van der Waals surface area contributed by atoms with Crippen molar-refractivity contribution < 1.29 is 19.2 Å². The number of nitrogens with one attached hydrogen (secondary N) is 2. The molecule has 8 nitrogen and oxygen atoms in total. The zero-order valence-electron chi connectivity index (χ0n) is 14.2. The van der Waals surface area contributed by atoms with E-state index in [9.17, 15) is 14.9 Å². The molecule has 0 unspecified atom stereocenters. The molecule has 0 bridgehead atoms. The van der Waals surface area contributed by atoms with Gasteiger partial charge >= 0.3 is 0 Å². The average Bonchev–Trinajstić information content (AvgIpc) is 2.66. The van der Waals surface area contributed by atoms with Gasteiger partial charge in [0.2, 0.25) is 5.91 Å². The quantitative estimate of drug-likeness (QED) is 0.608. The first-order valence-corrected chi connectivity index (χ1v) is 8.20. The van der Waals surface area contributed by atoms with Crippen molar-refractivity contribution in [3.05, 3.63) is 58.6 Å². The van der Waals surface area contributed by atoms with Crippen molar-refractivity contribution in [2.75, 3.05) is 18.5 Å². The number of carbonyl (C=O) groups is 1. The smallest absolute Gasteiger partial charge is 0.271 e. The summed E-state index contributed by atoms with van der Waals surface area (Å²) >= 11 is 0. The standard InChI is InChI=1S/C18H19N3O5/c1-12(18(22)20-13-5-4-6-14(9-13)21(23)24)19-10-15-11-25-16-7-2-3-8-17(16)26-15/h2-9,12,15,19H,10-11H2,1H3,(H,20,22)/t12-,15-/m0/s1. The molecule has 0 aromatic heterocycles. The molecule has 2 N–H and O–H groups in total. The first-order valence-electron chi connectivity index (χ1n) is 8.20. The summed E-state index contributed by atoms with van der Waals surface area (Å²) in [4.78, 5) is 22.5. The summed E-state index contributed by atoms with van der Waals surface area (Å²) in [6.07, 6.45) is -0.210. The molecule has 1 amide bonds. The van der Waals surface area contributed by atoms with Crippen LogP contribution < -0.4 is 20.1 Å². The Balaban J connectivity index is 1.50. The van der Waals surface area contributed by atoms with Crippen LogP contribution in [0.3, 0.4) is 0 Å². The highest BCUT2D eigenvalue weighted by Gasteiger charge is 2.22. The van der Waals surface area contributed by atoms with Crippen molar-refractivity contribution in [3.8, 4) is 11.5 Å². The number of ether oxygens (including phenoxy) is 2. The molecule has 136 valence electrons. The minimum Gasteiger partial charge on any atom is -0.486 e. The summed E-state index contributed by atoms with van der Waals surface area (Å²) in [6.45, 7) is 2.53. The van der Waals surface area contributed by atoms with Crippen LogP contribution >= 0.6 is 0 Å². The summed E-state index contributed by atoms with van der Waals surface area (Å²) in [5.41, 5.74) is 0.304. The number of anilines is 1. The van der Waals surface area contributed by atoms with Crippen LogP contribution in [0.4, 0.5) is 11.4 Å². The molecule has 8 heteroatoms. The molecule has 26 heavy (non-hydrogen) atoms. The second-order valence-corrected chi connectivity index (χ2v) is 5.92. The number of nitrogens with zero attached hydrogens (tertiary/aromatic N) is 1. The third-order valence-electron chi connectivity index (χ3n) is 3.94. The SMILES string of the molecule is C[C@H](NC[C@H]1COc2ccccc2O1)C(=O)Nc1cccc([N+](=O)[O-])c1. The largest absolute Gasteiger partial charge is 0.486 e. The molecule has 2 aromatic carbocycles. The number of hydrogen-bond acceptors (Lipinski definition) is 6. The maximum Gasteiger partial charge on any atom is 0.271 e. The van der Waals surface area contributed by atoms with Gasteiger partial charge in [-0.1, -0.05) is 18.2 Å². The molecule has 2 aromatic rings. The van der Waals surface area contributed by atoms with Gasteiger partial charge in [0.05, 0.1) is 11.0 Å². The lowest BCUT2D eigenvalue weighted by molar-refractivity contribution is -0.384. The predicted octanol–water partition coefficient (Wildman–Crippen LogP) is 2.35. The minimum absolute atomic E-state index is 0.0742. The van der Waals surface area contributed by atoms with E-state index in [1.165, 1.54) is 18.2 Å². The number of para-hydroxylation sites is 2. The van der Waals surface area contributed by atoms with E-state index in [-0.39, 0.29) is 17.7 Å². The fourth-order valence-corrected chi connectivity index (χ4v) is 2.51. The number of amides is 1. The Labute approximate surface area is 150 Å². The molecule has 0 saturated heterocycles. The van der Waals surface area contributed by atoms with Crippen LogP contribution in [0, 0.1) is 10.1 Å². The van der Waals surface area contributed by atoms with Crippen molar-refractivity contribution in [1.29, 1.82) is 0 Å². The van der Waals surface area contributed by atoms with Gasteiger partial charge in [-0.05, 0) is 25.1 Å². The van der Waals surface area contributed by atoms with E-state index in [1.54, 1.807) is 13.0 Å². The third-order valence-corrected chi connectivity index (χ3v) is 3.94. The summed E-state index contributed by atoms with van der Waals surface area (Å²) in [6, 6.07) is 12.7. The molecule has 2 atom stereocenters. The van der Waals surface area contributed by atoms with Crippen molar-refractivity contribution >= 4 is 17.3 Å². The van der Waals surface area contributed by atoms with Crippen LogP contribution in [0.2, 0.25) is 0 Å². The van der Waals surface area contributed by atoms with Crippen molar-refractivity contribution in [2.45, 2.75) is 19.1 Å². The number of nitro groups is 1. The fourth-order valence-electron chi connectivity index (χ4n) is 2.51. The third kappa shape index (κ3) is 4.28. The molecule has 1 aliphatic rings. The highest BCUT2D eigenvalue weighted by Crippen LogP contribution is 2.30. The molecular weight excluding hydrogens is 338 g/mol. The molecule has 0 saturated carbocycles. The van der Waals surface area contributed by atoms with E-state index in [0.29, 0.717) is 30.3 Å². The van der Waals surface area contributed by atoms with Crippen LogP contribution in [-0.2, 0) is 4.79 Å². The lowest BCUT2D eigenvalue weighted by atomic mass is 10.2. The summed E-state index contributed by atoms with van der Waals surface area (Å²) in [5.74, 6) is 1.10. The van der Waals surface area contributed by atoms with Crippen molar-refractivity contribution in [2.24, 2.45) is 0 Å². The van der Waals surface area contributed by atoms with Gasteiger partial charge in [-0.15, -0.1) is 0 Å². The van der Waals surface area contributed by atoms with E-state index in [1.807, 2.05) is 24.3 Å². The van der Waals surface area contributed by atoms with Crippen LogP contribution in [0.1, 0.15) is 6.92 Å². The van der Waals surface area contributed by atoms with E-state index in [2.05, 4.69) is 10.6 Å². The highest BCUT2D eigenvalue weighted by molar-refractivity contribution is 5.94. The fraction of sp³-hybridized carbons (Fsp3) is 0.278. The summed E-state index contributed by atoms with van der Waals surface area (Å²) in [7, 11) is 0. The van der Waals surface area contributed by atoms with Gasteiger partial charge in [-0.25, -0.2) is 0 Å². The molecule has 0 fully saturated rings. The highest BCUT2D eigenvalue weighted by atomic mass is 16.6. The molecule has 3 rings (SSSR count). The van der Waals surface area contributed by atoms with Crippen LogP contribution in [0.15, 0.2) is 48.5 Å². The van der Waals surface area contributed by atoms with Gasteiger partial charge in [-0.2, -0.15) is 0 Å². The van der Waals surface area contributed by atoms with E-state index >= 15 is 0 Å². The van der Waals surface area contributed by atoms with Crippen LogP contribution in [0.25, 0.3) is 0 Å². The minimum atomic E-state index is -0.505. The average molecular weight is 357 g/mol. The normalized spacial score (nSPS) is 16.6. The Bertz CT molecular complexity index is 811. The van der Waals surface area contributed by atoms with E-state index < -0.39 is 11.0 Å². The van der Waals surface area contributed by atoms with Crippen molar-refractivity contribution in [1.82, 2.24) is 5.32 Å². The molecule has 0 spiro atoms. The molecular formula is C18H19N3O5. The Morgan fingerprint density at radius 2 is 2.04 bits per heavy atom.